The van der Waals surface area contributed by atoms with Gasteiger partial charge in [-0.15, -0.1) is 0 Å². The minimum absolute atomic E-state index is 0.109. The Bertz CT molecular complexity index is 1110. The van der Waals surface area contributed by atoms with Gasteiger partial charge < -0.3 is 23.9 Å². The molecule has 5 rings (SSSR count). The van der Waals surface area contributed by atoms with Crippen LogP contribution in [0.5, 0.6) is 11.5 Å². The van der Waals surface area contributed by atoms with Crippen LogP contribution in [-0.2, 0) is 16.9 Å². The summed E-state index contributed by atoms with van der Waals surface area (Å²) in [7, 11) is 0. The van der Waals surface area contributed by atoms with Crippen molar-refractivity contribution in [2.45, 2.75) is 18.6 Å². The monoisotopic (exact) mass is 391 g/mol. The van der Waals surface area contributed by atoms with Crippen molar-refractivity contribution in [2.75, 3.05) is 11.7 Å². The topological polar surface area (TPSA) is 89.2 Å². The molecule has 1 amide bonds. The van der Waals surface area contributed by atoms with E-state index >= 15 is 0 Å². The first-order valence-corrected chi connectivity index (χ1v) is 9.15. The smallest absolute Gasteiger partial charge is 0.264 e. The zero-order chi connectivity index (χ0) is 20.0. The molecule has 29 heavy (non-hydrogen) atoms. The molecule has 7 heteroatoms. The Morgan fingerprint density at radius 2 is 1.90 bits per heavy atom. The number of benzene rings is 2. The number of aliphatic hydroxyl groups is 1. The lowest BCUT2D eigenvalue weighted by Crippen LogP contribution is -2.41. The highest BCUT2D eigenvalue weighted by Gasteiger charge is 2.51. The molecule has 7 nitrogen and oxygen atoms in total. The first-order valence-electron chi connectivity index (χ1n) is 9.15. The highest BCUT2D eigenvalue weighted by Crippen LogP contribution is 2.44. The lowest BCUT2D eigenvalue weighted by Gasteiger charge is -2.22. The van der Waals surface area contributed by atoms with Gasteiger partial charge in [-0.05, 0) is 35.9 Å². The predicted octanol–water partition coefficient (Wildman–Crippen LogP) is 3.02. The number of nitrogens with zero attached hydrogens (tertiary/aromatic N) is 1. The number of ether oxygens (including phenoxy) is 2. The highest BCUT2D eigenvalue weighted by molar-refractivity contribution is 6.10. The molecule has 0 spiro atoms. The Labute approximate surface area is 166 Å². The number of anilines is 1. The molecule has 1 atom stereocenters. The maximum Gasteiger partial charge on any atom is 0.264 e. The van der Waals surface area contributed by atoms with Crippen LogP contribution in [0.25, 0.3) is 0 Å². The fourth-order valence-corrected chi connectivity index (χ4v) is 3.81. The quantitative estimate of drug-likeness (QED) is 0.673. The molecule has 146 valence electrons. The third kappa shape index (κ3) is 2.78. The normalized spacial score (nSPS) is 19.5. The van der Waals surface area contributed by atoms with Crippen molar-refractivity contribution in [3.63, 3.8) is 0 Å². The van der Waals surface area contributed by atoms with Crippen molar-refractivity contribution in [3.8, 4) is 11.5 Å². The Morgan fingerprint density at radius 1 is 1.07 bits per heavy atom. The molecule has 0 radical (unpaired) electrons. The van der Waals surface area contributed by atoms with E-state index in [0.29, 0.717) is 22.7 Å². The maximum atomic E-state index is 13.3. The third-order valence-electron chi connectivity index (χ3n) is 5.23. The van der Waals surface area contributed by atoms with Gasteiger partial charge in [-0.1, -0.05) is 24.3 Å². The van der Waals surface area contributed by atoms with E-state index in [1.807, 2.05) is 12.1 Å². The van der Waals surface area contributed by atoms with Crippen LogP contribution < -0.4 is 14.4 Å². The van der Waals surface area contributed by atoms with Crippen molar-refractivity contribution >= 4 is 17.4 Å². The third-order valence-corrected chi connectivity index (χ3v) is 5.23. The summed E-state index contributed by atoms with van der Waals surface area (Å²) in [6.07, 6.45) is 0.988. The van der Waals surface area contributed by atoms with Crippen molar-refractivity contribution in [1.82, 2.24) is 0 Å². The van der Waals surface area contributed by atoms with Crippen LogP contribution in [0.1, 0.15) is 28.1 Å². The number of ketones is 1. The number of carbonyl (C=O) groups is 2. The predicted molar refractivity (Wildman–Crippen MR) is 102 cm³/mol. The number of rotatable bonds is 5. The molecule has 0 saturated carbocycles. The number of fused-ring (bicyclic) bond motifs is 2. The summed E-state index contributed by atoms with van der Waals surface area (Å²) in [5.74, 6) is 0.396. The van der Waals surface area contributed by atoms with Gasteiger partial charge in [-0.25, -0.2) is 0 Å². The SMILES string of the molecule is O=C(CC1(O)C(=O)N(Cc2ccc3c(c2)OCO3)c2ccccc21)c1ccco1. The minimum Gasteiger partial charge on any atom is -0.461 e. The lowest BCUT2D eigenvalue weighted by atomic mass is 9.89. The van der Waals surface area contributed by atoms with E-state index in [4.69, 9.17) is 13.9 Å². The molecule has 1 unspecified atom stereocenters. The van der Waals surface area contributed by atoms with E-state index in [0.717, 1.165) is 5.56 Å². The van der Waals surface area contributed by atoms with Crippen LogP contribution in [-0.4, -0.2) is 23.6 Å². The Hall–Kier alpha value is -3.58. The van der Waals surface area contributed by atoms with E-state index < -0.39 is 23.7 Å². The largest absolute Gasteiger partial charge is 0.461 e. The van der Waals surface area contributed by atoms with Gasteiger partial charge in [-0.2, -0.15) is 0 Å². The van der Waals surface area contributed by atoms with Gasteiger partial charge in [-0.3, -0.25) is 9.59 Å². The summed E-state index contributed by atoms with van der Waals surface area (Å²) >= 11 is 0. The molecule has 0 saturated heterocycles. The maximum absolute atomic E-state index is 13.3. The Balaban J connectivity index is 1.48. The van der Waals surface area contributed by atoms with E-state index in [1.54, 1.807) is 36.4 Å². The van der Waals surface area contributed by atoms with Crippen LogP contribution in [0.2, 0.25) is 0 Å². The molecule has 1 aromatic heterocycles. The summed E-state index contributed by atoms with van der Waals surface area (Å²) in [6, 6.07) is 15.5. The molecule has 1 N–H and O–H groups in total. The summed E-state index contributed by atoms with van der Waals surface area (Å²) in [5.41, 5.74) is -0.147. The molecule has 0 fully saturated rings. The minimum atomic E-state index is -1.95. The first-order chi connectivity index (χ1) is 14.1. The zero-order valence-electron chi connectivity index (χ0n) is 15.3. The van der Waals surface area contributed by atoms with Crippen LogP contribution in [0.15, 0.2) is 65.3 Å². The van der Waals surface area contributed by atoms with Gasteiger partial charge in [0.05, 0.1) is 24.9 Å². The van der Waals surface area contributed by atoms with E-state index in [2.05, 4.69) is 0 Å². The van der Waals surface area contributed by atoms with Crippen molar-refractivity contribution < 1.29 is 28.6 Å². The molecule has 3 heterocycles. The lowest BCUT2D eigenvalue weighted by molar-refractivity contribution is -0.136. The second-order valence-electron chi connectivity index (χ2n) is 7.03. The van der Waals surface area contributed by atoms with E-state index in [1.165, 1.54) is 17.2 Å². The summed E-state index contributed by atoms with van der Waals surface area (Å²) in [6.45, 7) is 0.392. The molecule has 2 aliphatic rings. The van der Waals surface area contributed by atoms with Crippen molar-refractivity contribution in [2.24, 2.45) is 0 Å². The first kappa shape index (κ1) is 17.5. The number of hydrogen-bond donors (Lipinski definition) is 1. The molecule has 0 aliphatic carbocycles. The number of para-hydroxylation sites is 1. The van der Waals surface area contributed by atoms with Crippen LogP contribution in [0, 0.1) is 0 Å². The summed E-state index contributed by atoms with van der Waals surface area (Å²) in [4.78, 5) is 27.3. The van der Waals surface area contributed by atoms with E-state index in [-0.39, 0.29) is 19.1 Å². The summed E-state index contributed by atoms with van der Waals surface area (Å²) < 4.78 is 15.9. The summed E-state index contributed by atoms with van der Waals surface area (Å²) in [5, 5.41) is 11.3. The number of hydrogen-bond acceptors (Lipinski definition) is 6. The van der Waals surface area contributed by atoms with Crippen molar-refractivity contribution in [3.05, 3.63) is 77.7 Å². The second kappa shape index (κ2) is 6.49. The van der Waals surface area contributed by atoms with Gasteiger partial charge in [0.1, 0.15) is 0 Å². The zero-order valence-corrected chi connectivity index (χ0v) is 15.3. The average Bonchev–Trinajstić information content (AvgIpc) is 3.45. The molecule has 2 aliphatic heterocycles. The fourth-order valence-electron chi connectivity index (χ4n) is 3.81. The standard InChI is InChI=1S/C22H17NO6/c24-17(18-6-3-9-27-18)11-22(26)15-4-1-2-5-16(15)23(21(22)25)12-14-7-8-19-20(10-14)29-13-28-19/h1-10,26H,11-13H2. The van der Waals surface area contributed by atoms with Gasteiger partial charge in [0.15, 0.2) is 22.9 Å². The average molecular weight is 391 g/mol. The number of amides is 1. The van der Waals surface area contributed by atoms with Gasteiger partial charge >= 0.3 is 0 Å². The van der Waals surface area contributed by atoms with Gasteiger partial charge in [0.25, 0.3) is 5.91 Å². The molecule has 2 aromatic carbocycles. The number of furan rings is 1. The number of carbonyl (C=O) groups excluding carboxylic acids is 2. The number of Topliss-reactive ketones (excluding diaryl/α,β-unsaturated/α-hetero) is 1. The molecule has 3 aromatic rings. The highest BCUT2D eigenvalue weighted by atomic mass is 16.7. The fraction of sp³-hybridized carbons (Fsp3) is 0.182. The Kier molecular flexibility index (Phi) is 3.92. The van der Waals surface area contributed by atoms with Crippen LogP contribution in [0.3, 0.4) is 0 Å². The van der Waals surface area contributed by atoms with Crippen LogP contribution in [0.4, 0.5) is 5.69 Å². The Morgan fingerprint density at radius 3 is 2.72 bits per heavy atom. The molecular weight excluding hydrogens is 374 g/mol. The molecule has 0 bridgehead atoms. The molecular formula is C22H17NO6. The van der Waals surface area contributed by atoms with E-state index in [9.17, 15) is 14.7 Å². The second-order valence-corrected chi connectivity index (χ2v) is 7.03. The van der Waals surface area contributed by atoms with Gasteiger partial charge in [0.2, 0.25) is 12.6 Å². The van der Waals surface area contributed by atoms with Crippen molar-refractivity contribution in [1.29, 1.82) is 0 Å². The van der Waals surface area contributed by atoms with Crippen LogP contribution >= 0.6 is 0 Å². The van der Waals surface area contributed by atoms with Gasteiger partial charge in [0, 0.05) is 5.56 Å².